The van der Waals surface area contributed by atoms with Crippen LogP contribution in [0, 0.1) is 0 Å². The summed E-state index contributed by atoms with van der Waals surface area (Å²) < 4.78 is 46.0. The van der Waals surface area contributed by atoms with Crippen molar-refractivity contribution in [2.45, 2.75) is 38.9 Å². The fourth-order valence-electron chi connectivity index (χ4n) is 1.88. The fourth-order valence-corrected chi connectivity index (χ4v) is 1.88. The van der Waals surface area contributed by atoms with Crippen LogP contribution in [0.2, 0.25) is 0 Å². The van der Waals surface area contributed by atoms with Gasteiger partial charge in [0.15, 0.2) is 12.3 Å². The second-order valence-electron chi connectivity index (χ2n) is 6.56. The van der Waals surface area contributed by atoms with E-state index >= 15 is 0 Å². The number of carbonyl (C=O) groups is 1. The normalized spacial score (nSPS) is 12.1. The molecule has 0 aliphatic heterocycles. The highest BCUT2D eigenvalue weighted by Gasteiger charge is 2.28. The monoisotopic (exact) mass is 356 g/mol. The first kappa shape index (κ1) is 18.8. The van der Waals surface area contributed by atoms with Gasteiger partial charge in [-0.1, -0.05) is 38.1 Å². The molecule has 1 heterocycles. The summed E-state index contributed by atoms with van der Waals surface area (Å²) in [7, 11) is 0. The first-order valence-corrected chi connectivity index (χ1v) is 7.58. The van der Waals surface area contributed by atoms with Gasteiger partial charge in [-0.15, -0.1) is 0 Å². The molecule has 1 aromatic carbocycles. The summed E-state index contributed by atoms with van der Waals surface area (Å²) in [6.07, 6.45) is -4.38. The van der Waals surface area contributed by atoms with Gasteiger partial charge in [0.25, 0.3) is 5.91 Å². The van der Waals surface area contributed by atoms with Crippen molar-refractivity contribution in [3.8, 4) is 5.75 Å². The fraction of sp³-hybridized carbons (Fsp3) is 0.412. The molecule has 0 unspecified atom stereocenters. The summed E-state index contributed by atoms with van der Waals surface area (Å²) >= 11 is 0. The van der Waals surface area contributed by atoms with Gasteiger partial charge in [0.2, 0.25) is 0 Å². The van der Waals surface area contributed by atoms with Crippen LogP contribution in [0.3, 0.4) is 0 Å². The molecule has 0 saturated heterocycles. The summed E-state index contributed by atoms with van der Waals surface area (Å²) in [4.78, 5) is 12.1. The number of aromatic nitrogens is 1. The van der Waals surface area contributed by atoms with E-state index in [1.165, 1.54) is 12.1 Å². The van der Waals surface area contributed by atoms with Crippen LogP contribution in [0.25, 0.3) is 0 Å². The van der Waals surface area contributed by atoms with Crippen LogP contribution in [0.1, 0.15) is 42.6 Å². The highest BCUT2D eigenvalue weighted by atomic mass is 19.4. The predicted molar refractivity (Wildman–Crippen MR) is 84.4 cm³/mol. The third-order valence-electron chi connectivity index (χ3n) is 3.26. The van der Waals surface area contributed by atoms with Crippen LogP contribution in [-0.2, 0) is 12.0 Å². The van der Waals surface area contributed by atoms with Crippen molar-refractivity contribution in [3.63, 3.8) is 0 Å². The summed E-state index contributed by atoms with van der Waals surface area (Å²) in [5, 5.41) is 6.42. The highest BCUT2D eigenvalue weighted by molar-refractivity contribution is 5.92. The van der Waals surface area contributed by atoms with E-state index in [0.29, 0.717) is 11.3 Å². The maximum absolute atomic E-state index is 12.1. The molecule has 1 aromatic heterocycles. The standard InChI is InChI=1S/C17H19F3N2O3/c1-16(2,3)14-8-13(22-25-14)15(23)21-9-11-4-6-12(7-5-11)24-10-17(18,19)20/h4-8H,9-10H2,1-3H3,(H,21,23). The van der Waals surface area contributed by atoms with Crippen LogP contribution in [0.5, 0.6) is 5.75 Å². The molecule has 0 aliphatic rings. The van der Waals surface area contributed by atoms with Crippen molar-refractivity contribution in [1.82, 2.24) is 10.5 Å². The maximum atomic E-state index is 12.1. The molecule has 136 valence electrons. The minimum atomic E-state index is -4.38. The lowest BCUT2D eigenvalue weighted by Gasteiger charge is -2.12. The molecule has 0 bridgehead atoms. The Morgan fingerprint density at radius 3 is 2.36 bits per heavy atom. The zero-order valence-electron chi connectivity index (χ0n) is 14.1. The average molecular weight is 356 g/mol. The first-order valence-electron chi connectivity index (χ1n) is 7.58. The number of rotatable bonds is 5. The van der Waals surface area contributed by atoms with E-state index in [0.717, 1.165) is 0 Å². The third kappa shape index (κ3) is 5.81. The van der Waals surface area contributed by atoms with Gasteiger partial charge in [-0.3, -0.25) is 4.79 Å². The minimum Gasteiger partial charge on any atom is -0.484 e. The van der Waals surface area contributed by atoms with Crippen molar-refractivity contribution in [2.24, 2.45) is 0 Å². The van der Waals surface area contributed by atoms with Crippen LogP contribution >= 0.6 is 0 Å². The van der Waals surface area contributed by atoms with Gasteiger partial charge in [0, 0.05) is 18.0 Å². The van der Waals surface area contributed by atoms with E-state index in [2.05, 4.69) is 15.2 Å². The molecule has 0 fully saturated rings. The summed E-state index contributed by atoms with van der Waals surface area (Å²) in [6, 6.07) is 7.58. The zero-order valence-corrected chi connectivity index (χ0v) is 14.1. The summed E-state index contributed by atoms with van der Waals surface area (Å²) in [5.74, 6) is 0.319. The Balaban J connectivity index is 1.88. The molecule has 1 N–H and O–H groups in total. The number of hydrogen-bond donors (Lipinski definition) is 1. The number of halogens is 3. The molecular formula is C17H19F3N2O3. The van der Waals surface area contributed by atoms with Gasteiger partial charge in [0.05, 0.1) is 0 Å². The molecule has 5 nitrogen and oxygen atoms in total. The second-order valence-corrected chi connectivity index (χ2v) is 6.56. The van der Waals surface area contributed by atoms with Crippen LogP contribution in [-0.4, -0.2) is 23.8 Å². The van der Waals surface area contributed by atoms with Crippen LogP contribution in [0.4, 0.5) is 13.2 Å². The molecular weight excluding hydrogens is 337 g/mol. The lowest BCUT2D eigenvalue weighted by Crippen LogP contribution is -2.23. The van der Waals surface area contributed by atoms with Gasteiger partial charge < -0.3 is 14.6 Å². The SMILES string of the molecule is CC(C)(C)c1cc(C(=O)NCc2ccc(OCC(F)(F)F)cc2)no1. The Kier molecular flexibility index (Phi) is 5.39. The number of carbonyl (C=O) groups excluding carboxylic acids is 1. The summed E-state index contributed by atoms with van der Waals surface area (Å²) in [6.45, 7) is 4.69. The number of alkyl halides is 3. The molecule has 1 amide bonds. The van der Waals surface area contributed by atoms with Crippen molar-refractivity contribution in [1.29, 1.82) is 0 Å². The Morgan fingerprint density at radius 1 is 1.20 bits per heavy atom. The number of nitrogens with one attached hydrogen (secondary N) is 1. The molecule has 0 saturated carbocycles. The van der Waals surface area contributed by atoms with Gasteiger partial charge in [0.1, 0.15) is 11.5 Å². The van der Waals surface area contributed by atoms with Gasteiger partial charge >= 0.3 is 6.18 Å². The van der Waals surface area contributed by atoms with E-state index in [9.17, 15) is 18.0 Å². The Morgan fingerprint density at radius 2 is 1.84 bits per heavy atom. The highest BCUT2D eigenvalue weighted by Crippen LogP contribution is 2.22. The molecule has 0 atom stereocenters. The molecule has 25 heavy (non-hydrogen) atoms. The Bertz CT molecular complexity index is 716. The van der Waals surface area contributed by atoms with E-state index in [-0.39, 0.29) is 23.4 Å². The smallest absolute Gasteiger partial charge is 0.422 e. The molecule has 0 aliphatic carbocycles. The minimum absolute atomic E-state index is 0.110. The molecule has 2 rings (SSSR count). The van der Waals surface area contributed by atoms with Crippen molar-refractivity contribution < 1.29 is 27.2 Å². The van der Waals surface area contributed by atoms with Crippen LogP contribution < -0.4 is 10.1 Å². The number of amides is 1. The quantitative estimate of drug-likeness (QED) is 0.884. The van der Waals surface area contributed by atoms with Gasteiger partial charge in [-0.05, 0) is 17.7 Å². The van der Waals surface area contributed by atoms with Gasteiger partial charge in [-0.25, -0.2) is 0 Å². The third-order valence-corrected chi connectivity index (χ3v) is 3.26. The molecule has 2 aromatic rings. The number of benzene rings is 1. The van der Waals surface area contributed by atoms with E-state index in [4.69, 9.17) is 4.52 Å². The molecule has 0 spiro atoms. The van der Waals surface area contributed by atoms with Crippen molar-refractivity contribution in [3.05, 3.63) is 47.3 Å². The van der Waals surface area contributed by atoms with Crippen LogP contribution in [0.15, 0.2) is 34.9 Å². The van der Waals surface area contributed by atoms with E-state index in [1.54, 1.807) is 18.2 Å². The topological polar surface area (TPSA) is 64.4 Å². The van der Waals surface area contributed by atoms with Crippen molar-refractivity contribution in [2.75, 3.05) is 6.61 Å². The Labute approximate surface area is 143 Å². The number of ether oxygens (including phenoxy) is 1. The number of nitrogens with zero attached hydrogens (tertiary/aromatic N) is 1. The second kappa shape index (κ2) is 7.16. The van der Waals surface area contributed by atoms with Crippen molar-refractivity contribution >= 4 is 5.91 Å². The largest absolute Gasteiger partial charge is 0.484 e. The lowest BCUT2D eigenvalue weighted by atomic mass is 9.93. The Hall–Kier alpha value is -2.51. The number of hydrogen-bond acceptors (Lipinski definition) is 4. The van der Waals surface area contributed by atoms with Gasteiger partial charge in [-0.2, -0.15) is 13.2 Å². The first-order chi connectivity index (χ1) is 11.5. The molecule has 0 radical (unpaired) electrons. The average Bonchev–Trinajstić information content (AvgIpc) is 3.01. The van der Waals surface area contributed by atoms with E-state index < -0.39 is 18.7 Å². The summed E-state index contributed by atoms with van der Waals surface area (Å²) in [5.41, 5.74) is 0.639. The van der Waals surface area contributed by atoms with E-state index in [1.807, 2.05) is 20.8 Å². The maximum Gasteiger partial charge on any atom is 0.422 e. The predicted octanol–water partition coefficient (Wildman–Crippen LogP) is 3.84. The zero-order chi connectivity index (χ0) is 18.7. The molecule has 8 heteroatoms. The lowest BCUT2D eigenvalue weighted by molar-refractivity contribution is -0.153.